The number of hydrogen-bond acceptors (Lipinski definition) is 2. The van der Waals surface area contributed by atoms with Crippen LogP contribution in [0.5, 0.6) is 0 Å². The molecule has 0 bridgehead atoms. The number of anilines is 1. The first kappa shape index (κ1) is 9.04. The Kier molecular flexibility index (Phi) is 2.66. The summed E-state index contributed by atoms with van der Waals surface area (Å²) in [7, 11) is 0. The zero-order chi connectivity index (χ0) is 9.80. The van der Waals surface area contributed by atoms with E-state index < -0.39 is 0 Å². The smallest absolute Gasteiger partial charge is 0.209 e. The van der Waals surface area contributed by atoms with Crippen molar-refractivity contribution in [2.45, 2.75) is 0 Å². The van der Waals surface area contributed by atoms with Crippen LogP contribution in [0.1, 0.15) is 0 Å². The second-order valence-electron chi connectivity index (χ2n) is 3.20. The van der Waals surface area contributed by atoms with Gasteiger partial charge in [0, 0.05) is 18.8 Å². The molecule has 0 unspecified atom stereocenters. The number of benzene rings is 1. The molecule has 1 heterocycles. The molecule has 0 atom stereocenters. The summed E-state index contributed by atoms with van der Waals surface area (Å²) in [5.74, 6) is 0. The molecule has 0 radical (unpaired) electrons. The van der Waals surface area contributed by atoms with Crippen molar-refractivity contribution < 1.29 is 4.74 Å². The summed E-state index contributed by atoms with van der Waals surface area (Å²) in [6, 6.07) is 7.73. The second-order valence-corrected chi connectivity index (χ2v) is 3.20. The highest BCUT2D eigenvalue weighted by Crippen LogP contribution is 2.28. The van der Waals surface area contributed by atoms with Crippen molar-refractivity contribution in [2.24, 2.45) is 0 Å². The first-order chi connectivity index (χ1) is 6.92. The summed E-state index contributed by atoms with van der Waals surface area (Å²) >= 11 is 0. The van der Waals surface area contributed by atoms with E-state index in [0.29, 0.717) is 0 Å². The minimum atomic E-state index is 0.731. The average molecular weight is 188 g/mol. The van der Waals surface area contributed by atoms with Gasteiger partial charge in [-0.15, -0.1) is 0 Å². The Balaban J connectivity index is 2.26. The molecule has 1 aliphatic heterocycles. The minimum Gasteiger partial charge on any atom is -0.378 e. The lowest BCUT2D eigenvalue weighted by molar-refractivity contribution is 0.123. The molecule has 14 heavy (non-hydrogen) atoms. The predicted octanol–water partition coefficient (Wildman–Crippen LogP) is 2.07. The molecule has 1 saturated heterocycles. The highest BCUT2D eigenvalue weighted by Gasteiger charge is 2.13. The van der Waals surface area contributed by atoms with Gasteiger partial charge in [-0.1, -0.05) is 18.2 Å². The molecule has 2 rings (SSSR count). The van der Waals surface area contributed by atoms with E-state index in [4.69, 9.17) is 11.3 Å². The van der Waals surface area contributed by atoms with Gasteiger partial charge in [0.2, 0.25) is 5.69 Å². The van der Waals surface area contributed by atoms with E-state index in [1.807, 2.05) is 24.3 Å². The van der Waals surface area contributed by atoms with E-state index in [-0.39, 0.29) is 0 Å². The van der Waals surface area contributed by atoms with E-state index in [0.717, 1.165) is 37.7 Å². The maximum atomic E-state index is 7.07. The normalized spacial score (nSPS) is 16.4. The number of nitrogens with zero attached hydrogens (tertiary/aromatic N) is 2. The van der Waals surface area contributed by atoms with Crippen LogP contribution in [-0.2, 0) is 4.74 Å². The van der Waals surface area contributed by atoms with Crippen molar-refractivity contribution in [3.8, 4) is 0 Å². The fraction of sp³-hybridized carbons (Fsp3) is 0.364. The quantitative estimate of drug-likeness (QED) is 0.627. The van der Waals surface area contributed by atoms with Crippen LogP contribution < -0.4 is 4.90 Å². The zero-order valence-electron chi connectivity index (χ0n) is 7.94. The van der Waals surface area contributed by atoms with Crippen LogP contribution in [0.15, 0.2) is 24.3 Å². The first-order valence-corrected chi connectivity index (χ1v) is 4.71. The molecule has 3 heteroatoms. The third kappa shape index (κ3) is 1.70. The van der Waals surface area contributed by atoms with E-state index in [1.165, 1.54) is 0 Å². The van der Waals surface area contributed by atoms with Crippen LogP contribution in [0, 0.1) is 6.57 Å². The van der Waals surface area contributed by atoms with Gasteiger partial charge in [-0.25, -0.2) is 4.85 Å². The third-order valence-corrected chi connectivity index (χ3v) is 2.35. The van der Waals surface area contributed by atoms with Gasteiger partial charge < -0.3 is 9.64 Å². The second kappa shape index (κ2) is 4.12. The highest BCUT2D eigenvalue weighted by molar-refractivity contribution is 5.70. The number of hydrogen-bond donors (Lipinski definition) is 0. The van der Waals surface area contributed by atoms with Crippen molar-refractivity contribution in [3.63, 3.8) is 0 Å². The number of para-hydroxylation sites is 2. The van der Waals surface area contributed by atoms with Crippen LogP contribution in [-0.4, -0.2) is 26.3 Å². The molecule has 0 aliphatic carbocycles. The molecular formula is C11H12N2O. The molecule has 1 aliphatic rings. The summed E-state index contributed by atoms with van der Waals surface area (Å²) in [5.41, 5.74) is 1.76. The fourth-order valence-corrected chi connectivity index (χ4v) is 1.63. The van der Waals surface area contributed by atoms with E-state index in [1.54, 1.807) is 0 Å². The Morgan fingerprint density at radius 2 is 1.93 bits per heavy atom. The zero-order valence-corrected chi connectivity index (χ0v) is 7.94. The molecule has 0 aromatic heterocycles. The maximum absolute atomic E-state index is 7.07. The summed E-state index contributed by atoms with van der Waals surface area (Å²) in [6.07, 6.45) is 0. The molecule has 0 saturated carbocycles. The third-order valence-electron chi connectivity index (χ3n) is 2.35. The summed E-state index contributed by atoms with van der Waals surface area (Å²) in [5, 5.41) is 0. The van der Waals surface area contributed by atoms with E-state index >= 15 is 0 Å². The molecule has 0 N–H and O–H groups in total. The van der Waals surface area contributed by atoms with E-state index in [9.17, 15) is 0 Å². The van der Waals surface area contributed by atoms with Crippen LogP contribution in [0.4, 0.5) is 11.4 Å². The monoisotopic (exact) mass is 188 g/mol. The maximum Gasteiger partial charge on any atom is 0.209 e. The van der Waals surface area contributed by atoms with Crippen molar-refractivity contribution in [1.82, 2.24) is 0 Å². The summed E-state index contributed by atoms with van der Waals surface area (Å²) in [6.45, 7) is 10.3. The van der Waals surface area contributed by atoms with Crippen molar-refractivity contribution in [2.75, 3.05) is 31.2 Å². The van der Waals surface area contributed by atoms with Gasteiger partial charge in [-0.05, 0) is 6.07 Å². The van der Waals surface area contributed by atoms with Gasteiger partial charge in [0.1, 0.15) is 0 Å². The first-order valence-electron chi connectivity index (χ1n) is 4.71. The lowest BCUT2D eigenvalue weighted by Gasteiger charge is -2.29. The molecule has 3 nitrogen and oxygen atoms in total. The van der Waals surface area contributed by atoms with Crippen molar-refractivity contribution >= 4 is 11.4 Å². The SMILES string of the molecule is [C-]#[N+]c1ccccc1N1CCOCC1. The predicted molar refractivity (Wildman–Crippen MR) is 55.7 cm³/mol. The highest BCUT2D eigenvalue weighted by atomic mass is 16.5. The topological polar surface area (TPSA) is 16.8 Å². The van der Waals surface area contributed by atoms with Gasteiger partial charge in [-0.2, -0.15) is 0 Å². The summed E-state index contributed by atoms with van der Waals surface area (Å²) < 4.78 is 5.28. The van der Waals surface area contributed by atoms with Gasteiger partial charge >= 0.3 is 0 Å². The largest absolute Gasteiger partial charge is 0.378 e. The van der Waals surface area contributed by atoms with Crippen LogP contribution in [0.25, 0.3) is 4.85 Å². The van der Waals surface area contributed by atoms with Gasteiger partial charge in [-0.3, -0.25) is 0 Å². The molecule has 1 aromatic rings. The Hall–Kier alpha value is -1.53. The Labute approximate surface area is 83.7 Å². The number of ether oxygens (including phenoxy) is 1. The molecule has 1 aromatic carbocycles. The van der Waals surface area contributed by atoms with Crippen molar-refractivity contribution in [3.05, 3.63) is 35.7 Å². The Morgan fingerprint density at radius 1 is 1.21 bits per heavy atom. The van der Waals surface area contributed by atoms with Gasteiger partial charge in [0.15, 0.2) is 0 Å². The van der Waals surface area contributed by atoms with Crippen molar-refractivity contribution in [1.29, 1.82) is 0 Å². The Bertz CT molecular complexity index is 351. The number of morpholine rings is 1. The molecule has 1 fully saturated rings. The Morgan fingerprint density at radius 3 is 2.64 bits per heavy atom. The average Bonchev–Trinajstić information content (AvgIpc) is 2.30. The van der Waals surface area contributed by atoms with Crippen LogP contribution in [0.2, 0.25) is 0 Å². The van der Waals surface area contributed by atoms with Gasteiger partial charge in [0.25, 0.3) is 0 Å². The molecular weight excluding hydrogens is 176 g/mol. The molecule has 72 valence electrons. The van der Waals surface area contributed by atoms with Crippen LogP contribution in [0.3, 0.4) is 0 Å². The fourth-order valence-electron chi connectivity index (χ4n) is 1.63. The van der Waals surface area contributed by atoms with Crippen LogP contribution >= 0.6 is 0 Å². The molecule has 0 spiro atoms. The minimum absolute atomic E-state index is 0.731. The molecule has 0 amide bonds. The lowest BCUT2D eigenvalue weighted by atomic mass is 10.2. The number of rotatable bonds is 1. The summed E-state index contributed by atoms with van der Waals surface area (Å²) in [4.78, 5) is 5.72. The lowest BCUT2D eigenvalue weighted by Crippen LogP contribution is -2.36. The van der Waals surface area contributed by atoms with Gasteiger partial charge in [0.05, 0.1) is 19.8 Å². The standard InChI is InChI=1S/C11H12N2O/c1-12-10-4-2-3-5-11(10)13-6-8-14-9-7-13/h2-5H,6-9H2. The van der Waals surface area contributed by atoms with E-state index in [2.05, 4.69) is 9.74 Å².